The van der Waals surface area contributed by atoms with Crippen molar-refractivity contribution in [1.82, 2.24) is 4.98 Å². The molecule has 106 valence electrons. The number of amides is 1. The van der Waals surface area contributed by atoms with Crippen molar-refractivity contribution in [2.45, 2.75) is 0 Å². The number of anilines is 2. The zero-order valence-corrected chi connectivity index (χ0v) is 13.1. The van der Waals surface area contributed by atoms with Crippen LogP contribution in [0.4, 0.5) is 11.5 Å². The van der Waals surface area contributed by atoms with Gasteiger partial charge in [0.1, 0.15) is 11.6 Å². The van der Waals surface area contributed by atoms with Crippen molar-refractivity contribution in [3.05, 3.63) is 45.5 Å². The van der Waals surface area contributed by atoms with Crippen LogP contribution in [0.1, 0.15) is 10.4 Å². The Morgan fingerprint density at radius 2 is 2.10 bits per heavy atom. The number of pyridine rings is 1. The summed E-state index contributed by atoms with van der Waals surface area (Å²) in [6, 6.07) is 6.09. The van der Waals surface area contributed by atoms with Gasteiger partial charge in [0, 0.05) is 10.7 Å². The van der Waals surface area contributed by atoms with Gasteiger partial charge < -0.3 is 16.2 Å². The Bertz CT molecular complexity index is 635. The number of hydrogen-bond donors (Lipinski definition) is 3. The van der Waals surface area contributed by atoms with E-state index >= 15 is 0 Å². The normalized spacial score (nSPS) is 9.70. The monoisotopic (exact) mass is 377 g/mol. The molecule has 0 saturated carbocycles. The van der Waals surface area contributed by atoms with Crippen molar-refractivity contribution >= 4 is 57.4 Å². The standard InChI is InChI=1S/C12H9BrClN3O2.ClH/c13-6-3-8(11(15)9(18)4-6)12(19)17-10-2-1-7(14)5-16-10;/h1-5,18H,15H2,(H,16,17,19);1H. The molecule has 0 unspecified atom stereocenters. The molecular formula is C12H10BrCl2N3O2. The number of nitrogens with two attached hydrogens (primary N) is 1. The molecule has 1 aromatic heterocycles. The first-order valence-corrected chi connectivity index (χ1v) is 6.35. The highest BCUT2D eigenvalue weighted by Crippen LogP contribution is 2.29. The van der Waals surface area contributed by atoms with E-state index in [0.717, 1.165) is 0 Å². The van der Waals surface area contributed by atoms with Gasteiger partial charge in [-0.05, 0) is 24.3 Å². The van der Waals surface area contributed by atoms with Crippen molar-refractivity contribution in [2.24, 2.45) is 0 Å². The number of aromatic nitrogens is 1. The van der Waals surface area contributed by atoms with Crippen LogP contribution in [0.2, 0.25) is 5.02 Å². The van der Waals surface area contributed by atoms with Crippen LogP contribution in [0.25, 0.3) is 0 Å². The summed E-state index contributed by atoms with van der Waals surface area (Å²) in [5.74, 6) is -0.291. The number of nitrogens with zero attached hydrogens (tertiary/aromatic N) is 1. The molecule has 0 fully saturated rings. The van der Waals surface area contributed by atoms with Gasteiger partial charge >= 0.3 is 0 Å². The van der Waals surface area contributed by atoms with E-state index in [2.05, 4.69) is 26.2 Å². The molecule has 0 spiro atoms. The number of aromatic hydroxyl groups is 1. The molecule has 0 aliphatic heterocycles. The van der Waals surface area contributed by atoms with Crippen LogP contribution < -0.4 is 11.1 Å². The van der Waals surface area contributed by atoms with E-state index in [1.807, 2.05) is 0 Å². The number of hydrogen-bond acceptors (Lipinski definition) is 4. The Morgan fingerprint density at radius 3 is 2.70 bits per heavy atom. The van der Waals surface area contributed by atoms with Gasteiger partial charge in [0.25, 0.3) is 5.91 Å². The molecule has 2 rings (SSSR count). The number of halogens is 3. The lowest BCUT2D eigenvalue weighted by molar-refractivity contribution is 0.102. The van der Waals surface area contributed by atoms with Crippen molar-refractivity contribution in [3.8, 4) is 5.75 Å². The molecule has 0 atom stereocenters. The van der Waals surface area contributed by atoms with Crippen molar-refractivity contribution < 1.29 is 9.90 Å². The first-order chi connectivity index (χ1) is 8.97. The Kier molecular flexibility index (Phi) is 5.62. The average molecular weight is 379 g/mol. The van der Waals surface area contributed by atoms with E-state index in [1.165, 1.54) is 18.3 Å². The minimum atomic E-state index is -0.469. The van der Waals surface area contributed by atoms with E-state index in [0.29, 0.717) is 15.3 Å². The Balaban J connectivity index is 0.00000200. The average Bonchev–Trinajstić information content (AvgIpc) is 2.36. The first-order valence-electron chi connectivity index (χ1n) is 5.18. The van der Waals surface area contributed by atoms with Crippen molar-refractivity contribution in [2.75, 3.05) is 11.1 Å². The lowest BCUT2D eigenvalue weighted by atomic mass is 10.1. The van der Waals surface area contributed by atoms with Gasteiger partial charge in [0.05, 0.1) is 16.3 Å². The minimum absolute atomic E-state index is 0. The molecule has 1 aromatic carbocycles. The zero-order valence-electron chi connectivity index (χ0n) is 9.93. The summed E-state index contributed by atoms with van der Waals surface area (Å²) in [5.41, 5.74) is 5.82. The number of benzene rings is 1. The Hall–Kier alpha value is -1.50. The van der Waals surface area contributed by atoms with Crippen molar-refractivity contribution in [3.63, 3.8) is 0 Å². The second-order valence-electron chi connectivity index (χ2n) is 3.70. The van der Waals surface area contributed by atoms with Gasteiger partial charge in [0.2, 0.25) is 0 Å². The van der Waals surface area contributed by atoms with Gasteiger partial charge in [-0.3, -0.25) is 4.79 Å². The third-order valence-electron chi connectivity index (χ3n) is 2.34. The smallest absolute Gasteiger partial charge is 0.259 e. The molecule has 2 aromatic rings. The predicted octanol–water partition coefficient (Wildman–Crippen LogP) is 3.46. The molecule has 1 amide bonds. The highest BCUT2D eigenvalue weighted by atomic mass is 79.9. The minimum Gasteiger partial charge on any atom is -0.506 e. The third-order valence-corrected chi connectivity index (χ3v) is 3.02. The number of phenolic OH excluding ortho intramolecular Hbond substituents is 1. The maximum absolute atomic E-state index is 12.0. The first kappa shape index (κ1) is 16.6. The van der Waals surface area contributed by atoms with Gasteiger partial charge in [-0.1, -0.05) is 27.5 Å². The number of nitrogens with one attached hydrogen (secondary N) is 1. The molecule has 4 N–H and O–H groups in total. The van der Waals surface area contributed by atoms with Gasteiger partial charge in [-0.15, -0.1) is 12.4 Å². The number of carbonyl (C=O) groups is 1. The fourth-order valence-electron chi connectivity index (χ4n) is 1.42. The highest BCUT2D eigenvalue weighted by Gasteiger charge is 2.14. The molecule has 8 heteroatoms. The highest BCUT2D eigenvalue weighted by molar-refractivity contribution is 9.10. The number of rotatable bonds is 2. The summed E-state index contributed by atoms with van der Waals surface area (Å²) in [7, 11) is 0. The lowest BCUT2D eigenvalue weighted by Crippen LogP contribution is -2.15. The SMILES string of the molecule is Cl.Nc1c(O)cc(Br)cc1C(=O)Nc1ccc(Cl)cn1. The van der Waals surface area contributed by atoms with E-state index < -0.39 is 5.91 Å². The van der Waals surface area contributed by atoms with Gasteiger partial charge in [0.15, 0.2) is 0 Å². The van der Waals surface area contributed by atoms with Crippen LogP contribution in [-0.4, -0.2) is 16.0 Å². The largest absolute Gasteiger partial charge is 0.506 e. The predicted molar refractivity (Wildman–Crippen MR) is 84.7 cm³/mol. The van der Waals surface area contributed by atoms with E-state index in [4.69, 9.17) is 17.3 Å². The van der Waals surface area contributed by atoms with E-state index in [9.17, 15) is 9.90 Å². The maximum Gasteiger partial charge on any atom is 0.259 e. The molecule has 20 heavy (non-hydrogen) atoms. The van der Waals surface area contributed by atoms with Gasteiger partial charge in [-0.2, -0.15) is 0 Å². The van der Waals surface area contributed by atoms with Crippen LogP contribution in [-0.2, 0) is 0 Å². The molecule has 1 heterocycles. The zero-order chi connectivity index (χ0) is 14.0. The van der Waals surface area contributed by atoms with Crippen LogP contribution >= 0.6 is 39.9 Å². The molecular weight excluding hydrogens is 369 g/mol. The number of nitrogen functional groups attached to an aromatic ring is 1. The summed E-state index contributed by atoms with van der Waals surface area (Å²) in [4.78, 5) is 16.0. The van der Waals surface area contributed by atoms with Crippen LogP contribution in [0, 0.1) is 0 Å². The van der Waals surface area contributed by atoms with Gasteiger partial charge in [-0.25, -0.2) is 4.98 Å². The Labute approximate surface area is 134 Å². The molecule has 0 saturated heterocycles. The summed E-state index contributed by atoms with van der Waals surface area (Å²) in [6.07, 6.45) is 1.42. The quantitative estimate of drug-likeness (QED) is 0.551. The summed E-state index contributed by atoms with van der Waals surface area (Å²) >= 11 is 8.88. The second-order valence-corrected chi connectivity index (χ2v) is 5.05. The lowest BCUT2D eigenvalue weighted by Gasteiger charge is -2.09. The fraction of sp³-hybridized carbons (Fsp3) is 0. The number of phenols is 1. The molecule has 0 bridgehead atoms. The third kappa shape index (κ3) is 3.75. The summed E-state index contributed by atoms with van der Waals surface area (Å²) in [5, 5.41) is 12.6. The van der Waals surface area contributed by atoms with Crippen molar-refractivity contribution in [1.29, 1.82) is 0 Å². The summed E-state index contributed by atoms with van der Waals surface area (Å²) < 4.78 is 0.549. The second kappa shape index (κ2) is 6.78. The summed E-state index contributed by atoms with van der Waals surface area (Å²) in [6.45, 7) is 0. The maximum atomic E-state index is 12.0. The van der Waals surface area contributed by atoms with Crippen LogP contribution in [0.3, 0.4) is 0 Å². The molecule has 0 aliphatic carbocycles. The number of carbonyl (C=O) groups excluding carboxylic acids is 1. The van der Waals surface area contributed by atoms with E-state index in [-0.39, 0.29) is 29.4 Å². The van der Waals surface area contributed by atoms with E-state index in [1.54, 1.807) is 12.1 Å². The molecule has 5 nitrogen and oxygen atoms in total. The fourth-order valence-corrected chi connectivity index (χ4v) is 1.98. The van der Waals surface area contributed by atoms with Crippen LogP contribution in [0.5, 0.6) is 5.75 Å². The topological polar surface area (TPSA) is 88.2 Å². The molecule has 0 radical (unpaired) electrons. The molecule has 0 aliphatic rings. The van der Waals surface area contributed by atoms with Crippen LogP contribution in [0.15, 0.2) is 34.9 Å². The Morgan fingerprint density at radius 1 is 1.40 bits per heavy atom.